The van der Waals surface area contributed by atoms with Crippen molar-refractivity contribution in [1.82, 2.24) is 0 Å². The second-order valence-electron chi connectivity index (χ2n) is 4.96. The molecular weight excluding hydrogens is 244 g/mol. The van der Waals surface area contributed by atoms with Gasteiger partial charge in [-0.1, -0.05) is 72.8 Å². The molecule has 0 amide bonds. The van der Waals surface area contributed by atoms with Gasteiger partial charge in [-0.3, -0.25) is 4.79 Å². The molecule has 0 aromatic heterocycles. The number of hydrogen-bond acceptors (Lipinski definition) is 1. The Bertz CT molecular complexity index is 611. The van der Waals surface area contributed by atoms with Crippen LogP contribution in [0.25, 0.3) is 0 Å². The fraction of sp³-hybridized carbons (Fsp3) is 0.105. The first-order valence-electron chi connectivity index (χ1n) is 6.85. The summed E-state index contributed by atoms with van der Waals surface area (Å²) < 4.78 is 0. The van der Waals surface area contributed by atoms with Crippen LogP contribution in [-0.4, -0.2) is 5.78 Å². The molecule has 0 aliphatic heterocycles. The fourth-order valence-corrected chi connectivity index (χ4v) is 2.63. The zero-order valence-corrected chi connectivity index (χ0v) is 11.2. The summed E-state index contributed by atoms with van der Waals surface area (Å²) in [5, 5.41) is 0. The summed E-state index contributed by atoms with van der Waals surface area (Å²) in [5.41, 5.74) is 3.70. The lowest BCUT2D eigenvalue weighted by Gasteiger charge is -2.21. The van der Waals surface area contributed by atoms with Crippen LogP contribution in [0.4, 0.5) is 0 Å². The molecule has 0 atom stereocenters. The molecule has 1 aliphatic carbocycles. The summed E-state index contributed by atoms with van der Waals surface area (Å²) in [7, 11) is 0. The third kappa shape index (κ3) is 2.62. The van der Waals surface area contributed by atoms with E-state index in [2.05, 4.69) is 48.5 Å². The molecule has 2 aromatic rings. The molecule has 0 saturated heterocycles. The molecule has 0 spiro atoms. The standard InChI is InChI=1S/C19H16O/c20-18-13-11-17(12-14-18)19(15-7-3-1-4-8-15)16-9-5-2-6-10-16/h1-13,19H,14H2. The number of carbonyl (C=O) groups excluding carboxylic acids is 1. The van der Waals surface area contributed by atoms with E-state index in [-0.39, 0.29) is 11.7 Å². The Kier molecular flexibility index (Phi) is 3.60. The predicted octanol–water partition coefficient (Wildman–Crippen LogP) is 4.27. The highest BCUT2D eigenvalue weighted by Crippen LogP contribution is 2.33. The Labute approximate surface area is 119 Å². The highest BCUT2D eigenvalue weighted by atomic mass is 16.1. The zero-order valence-electron chi connectivity index (χ0n) is 11.2. The SMILES string of the molecule is O=C1C=CC(C(c2ccccc2)c2ccccc2)=CC1. The van der Waals surface area contributed by atoms with E-state index in [0.717, 1.165) is 0 Å². The summed E-state index contributed by atoms with van der Waals surface area (Å²) in [6.07, 6.45) is 6.19. The highest BCUT2D eigenvalue weighted by Gasteiger charge is 2.18. The Morgan fingerprint density at radius 3 is 1.75 bits per heavy atom. The number of benzene rings is 2. The molecule has 0 unspecified atom stereocenters. The minimum Gasteiger partial charge on any atom is -0.295 e. The molecule has 0 heterocycles. The lowest BCUT2D eigenvalue weighted by molar-refractivity contribution is -0.113. The molecule has 0 saturated carbocycles. The van der Waals surface area contributed by atoms with E-state index in [1.165, 1.54) is 16.7 Å². The molecule has 2 aromatic carbocycles. The molecule has 20 heavy (non-hydrogen) atoms. The molecule has 3 rings (SSSR count). The molecular formula is C19H16O. The Hall–Kier alpha value is -2.41. The molecule has 1 heteroatoms. The van der Waals surface area contributed by atoms with Gasteiger partial charge in [0.1, 0.15) is 0 Å². The van der Waals surface area contributed by atoms with Gasteiger partial charge < -0.3 is 0 Å². The van der Waals surface area contributed by atoms with E-state index >= 15 is 0 Å². The molecule has 0 radical (unpaired) electrons. The number of allylic oxidation sites excluding steroid dienone is 4. The van der Waals surface area contributed by atoms with Gasteiger partial charge in [-0.05, 0) is 22.8 Å². The van der Waals surface area contributed by atoms with Crippen molar-refractivity contribution >= 4 is 5.78 Å². The first-order valence-corrected chi connectivity index (χ1v) is 6.85. The van der Waals surface area contributed by atoms with Crippen molar-refractivity contribution in [3.05, 3.63) is 95.6 Å². The normalized spacial score (nSPS) is 14.4. The van der Waals surface area contributed by atoms with Crippen LogP contribution in [-0.2, 0) is 4.79 Å². The van der Waals surface area contributed by atoms with Crippen molar-refractivity contribution < 1.29 is 4.79 Å². The summed E-state index contributed by atoms with van der Waals surface area (Å²) in [5.74, 6) is 0.371. The van der Waals surface area contributed by atoms with Crippen LogP contribution < -0.4 is 0 Å². The molecule has 98 valence electrons. The molecule has 1 nitrogen and oxygen atoms in total. The lowest BCUT2D eigenvalue weighted by Crippen LogP contribution is -2.07. The van der Waals surface area contributed by atoms with Crippen molar-refractivity contribution in [3.63, 3.8) is 0 Å². The van der Waals surface area contributed by atoms with Crippen LogP contribution in [0.3, 0.4) is 0 Å². The van der Waals surface area contributed by atoms with Crippen LogP contribution >= 0.6 is 0 Å². The van der Waals surface area contributed by atoms with Crippen LogP contribution in [0, 0.1) is 0 Å². The van der Waals surface area contributed by atoms with Crippen LogP contribution in [0.2, 0.25) is 0 Å². The first kappa shape index (κ1) is 12.6. The largest absolute Gasteiger partial charge is 0.295 e. The maximum absolute atomic E-state index is 11.4. The van der Waals surface area contributed by atoms with Crippen molar-refractivity contribution in [2.45, 2.75) is 12.3 Å². The molecule has 0 fully saturated rings. The summed E-state index contributed by atoms with van der Waals surface area (Å²) in [6.45, 7) is 0. The van der Waals surface area contributed by atoms with Gasteiger partial charge in [0.05, 0.1) is 0 Å². The minimum absolute atomic E-state index is 0.175. The van der Waals surface area contributed by atoms with E-state index in [1.807, 2.05) is 24.3 Å². The third-order valence-corrected chi connectivity index (χ3v) is 3.60. The smallest absolute Gasteiger partial charge is 0.159 e. The maximum Gasteiger partial charge on any atom is 0.159 e. The topological polar surface area (TPSA) is 17.1 Å². The van der Waals surface area contributed by atoms with Crippen LogP contribution in [0.1, 0.15) is 23.5 Å². The summed E-state index contributed by atoms with van der Waals surface area (Å²) in [4.78, 5) is 11.4. The molecule has 0 bridgehead atoms. The van der Waals surface area contributed by atoms with Crippen molar-refractivity contribution in [1.29, 1.82) is 0 Å². The fourth-order valence-electron chi connectivity index (χ4n) is 2.63. The average Bonchev–Trinajstić information content (AvgIpc) is 2.52. The first-order chi connectivity index (χ1) is 9.84. The predicted molar refractivity (Wildman–Crippen MR) is 81.6 cm³/mol. The van der Waals surface area contributed by atoms with Gasteiger partial charge in [0.25, 0.3) is 0 Å². The Balaban J connectivity index is 2.05. The maximum atomic E-state index is 11.4. The van der Waals surface area contributed by atoms with E-state index in [9.17, 15) is 4.79 Å². The van der Waals surface area contributed by atoms with Crippen LogP contribution in [0.15, 0.2) is 84.5 Å². The second-order valence-corrected chi connectivity index (χ2v) is 4.96. The van der Waals surface area contributed by atoms with E-state index in [4.69, 9.17) is 0 Å². The summed E-state index contributed by atoms with van der Waals surface area (Å²) >= 11 is 0. The van der Waals surface area contributed by atoms with Gasteiger partial charge in [-0.2, -0.15) is 0 Å². The van der Waals surface area contributed by atoms with E-state index < -0.39 is 0 Å². The lowest BCUT2D eigenvalue weighted by atomic mass is 9.83. The number of ketones is 1. The average molecular weight is 260 g/mol. The van der Waals surface area contributed by atoms with E-state index in [1.54, 1.807) is 6.08 Å². The minimum atomic E-state index is 0.175. The quantitative estimate of drug-likeness (QED) is 0.805. The van der Waals surface area contributed by atoms with Crippen molar-refractivity contribution in [2.24, 2.45) is 0 Å². The highest BCUT2D eigenvalue weighted by molar-refractivity contribution is 5.92. The molecule has 0 N–H and O–H groups in total. The summed E-state index contributed by atoms with van der Waals surface area (Å²) in [6, 6.07) is 20.9. The van der Waals surface area contributed by atoms with Crippen molar-refractivity contribution in [2.75, 3.05) is 0 Å². The van der Waals surface area contributed by atoms with Gasteiger partial charge in [0.15, 0.2) is 5.78 Å². The van der Waals surface area contributed by atoms with Gasteiger partial charge in [0, 0.05) is 12.3 Å². The third-order valence-electron chi connectivity index (χ3n) is 3.60. The number of hydrogen-bond donors (Lipinski definition) is 0. The van der Waals surface area contributed by atoms with Gasteiger partial charge in [-0.15, -0.1) is 0 Å². The van der Waals surface area contributed by atoms with Gasteiger partial charge in [-0.25, -0.2) is 0 Å². The Morgan fingerprint density at radius 2 is 1.30 bits per heavy atom. The zero-order chi connectivity index (χ0) is 13.8. The van der Waals surface area contributed by atoms with Gasteiger partial charge >= 0.3 is 0 Å². The molecule has 1 aliphatic rings. The second kappa shape index (κ2) is 5.70. The number of rotatable bonds is 3. The number of carbonyl (C=O) groups is 1. The Morgan fingerprint density at radius 1 is 0.750 bits per heavy atom. The van der Waals surface area contributed by atoms with E-state index in [0.29, 0.717) is 6.42 Å². The van der Waals surface area contributed by atoms with Crippen molar-refractivity contribution in [3.8, 4) is 0 Å². The van der Waals surface area contributed by atoms with Crippen LogP contribution in [0.5, 0.6) is 0 Å². The monoisotopic (exact) mass is 260 g/mol. The van der Waals surface area contributed by atoms with Gasteiger partial charge in [0.2, 0.25) is 0 Å².